The number of likely N-dealkylation sites (tertiary alicyclic amines) is 2. The lowest BCUT2D eigenvalue weighted by molar-refractivity contribution is -0.136. The molecule has 17 nitrogen and oxygen atoms in total. The number of carbonyl (C=O) groups is 3. The van der Waals surface area contributed by atoms with Crippen molar-refractivity contribution in [2.24, 2.45) is 11.8 Å². The first-order valence-electron chi connectivity index (χ1n) is 26.8. The predicted octanol–water partition coefficient (Wildman–Crippen LogP) is 9.72. The van der Waals surface area contributed by atoms with Crippen molar-refractivity contribution in [3.63, 3.8) is 0 Å². The summed E-state index contributed by atoms with van der Waals surface area (Å²) in [5.41, 5.74) is 4.53. The van der Waals surface area contributed by atoms with Gasteiger partial charge in [0.15, 0.2) is 0 Å². The minimum atomic E-state index is -1.30. The lowest BCUT2D eigenvalue weighted by Gasteiger charge is -2.31. The van der Waals surface area contributed by atoms with Gasteiger partial charge in [0.05, 0.1) is 98.3 Å². The minimum absolute atomic E-state index is 0.0230. The number of ether oxygens (including phenoxy) is 5. The first-order chi connectivity index (χ1) is 37.2. The van der Waals surface area contributed by atoms with E-state index in [-0.39, 0.29) is 67.8 Å². The predicted molar refractivity (Wildman–Crippen MR) is 282 cm³/mol. The summed E-state index contributed by atoms with van der Waals surface area (Å²) < 4.78 is 78.7. The molecule has 3 aromatic heterocycles. The Morgan fingerprint density at radius 1 is 0.792 bits per heavy atom. The van der Waals surface area contributed by atoms with E-state index in [1.807, 2.05) is 66.9 Å². The van der Waals surface area contributed by atoms with Crippen molar-refractivity contribution in [1.29, 1.82) is 0 Å². The fraction of sp³-hybridized carbons (Fsp3) is 0.491. The van der Waals surface area contributed by atoms with Crippen LogP contribution in [0.3, 0.4) is 0 Å². The Morgan fingerprint density at radius 2 is 1.45 bits per heavy atom. The Bertz CT molecular complexity index is 3080. The van der Waals surface area contributed by atoms with Gasteiger partial charge < -0.3 is 53.3 Å². The number of nitrogens with one attached hydrogen (secondary N) is 4. The number of aromatic nitrogens is 5. The van der Waals surface area contributed by atoms with Crippen LogP contribution in [0.15, 0.2) is 73.1 Å². The van der Waals surface area contributed by atoms with Gasteiger partial charge in [0.25, 0.3) is 0 Å². The molecule has 3 aromatic carbocycles. The van der Waals surface area contributed by atoms with E-state index >= 15 is 13.2 Å². The molecule has 1 saturated carbocycles. The fourth-order valence-electron chi connectivity index (χ4n) is 11.4. The lowest BCUT2D eigenvalue weighted by atomic mass is 9.98. The third-order valence-electron chi connectivity index (χ3n) is 15.3. The third-order valence-corrected chi connectivity index (χ3v) is 15.3. The van der Waals surface area contributed by atoms with E-state index in [4.69, 9.17) is 23.7 Å². The quantitative estimate of drug-likeness (QED) is 0.0474. The topological polar surface area (TPSA) is 190 Å². The number of hydrogen-bond donors (Lipinski definition) is 4. The van der Waals surface area contributed by atoms with Gasteiger partial charge in [-0.15, -0.1) is 0 Å². The zero-order valence-corrected chi connectivity index (χ0v) is 44.3. The van der Waals surface area contributed by atoms with Gasteiger partial charge in [0.1, 0.15) is 54.0 Å². The monoisotopic (exact) mass is 1060 g/mol. The van der Waals surface area contributed by atoms with Gasteiger partial charge in [-0.25, -0.2) is 27.9 Å². The second kappa shape index (κ2) is 23.0. The summed E-state index contributed by atoms with van der Waals surface area (Å²) in [4.78, 5) is 58.8. The van der Waals surface area contributed by atoms with Crippen molar-refractivity contribution in [3.05, 3.63) is 96.1 Å². The van der Waals surface area contributed by atoms with Crippen LogP contribution in [0.1, 0.15) is 108 Å². The zero-order valence-electron chi connectivity index (χ0n) is 44.3. The summed E-state index contributed by atoms with van der Waals surface area (Å²) in [6.45, 7) is 8.15. The zero-order chi connectivity index (χ0) is 54.1. The number of alkyl carbamates (subject to hydrolysis) is 1. The molecule has 3 amide bonds. The Hall–Kier alpha value is -6.90. The molecule has 1 aliphatic carbocycles. The highest BCUT2D eigenvalue weighted by Crippen LogP contribution is 2.48. The maximum Gasteiger partial charge on any atom is 0.407 e. The smallest absolute Gasteiger partial charge is 0.407 e. The first-order valence-corrected chi connectivity index (χ1v) is 26.8. The minimum Gasteiger partial charge on any atom is -0.491 e. The Balaban J connectivity index is 0.974. The van der Waals surface area contributed by atoms with Crippen molar-refractivity contribution in [3.8, 4) is 45.3 Å². The van der Waals surface area contributed by atoms with E-state index in [2.05, 4.69) is 30.6 Å². The van der Waals surface area contributed by atoms with Gasteiger partial charge in [0.2, 0.25) is 18.0 Å². The molecule has 3 fully saturated rings. The van der Waals surface area contributed by atoms with E-state index in [1.165, 1.54) is 49.3 Å². The molecule has 0 bridgehead atoms. The van der Waals surface area contributed by atoms with E-state index in [9.17, 15) is 14.4 Å². The summed E-state index contributed by atoms with van der Waals surface area (Å²) in [6, 6.07) is 15.6. The number of aromatic amines is 2. The molecule has 20 heteroatoms. The molecule has 410 valence electrons. The normalized spacial score (nSPS) is 21.3. The van der Waals surface area contributed by atoms with Gasteiger partial charge in [-0.05, 0) is 67.1 Å². The van der Waals surface area contributed by atoms with Crippen molar-refractivity contribution in [2.75, 3.05) is 47.3 Å². The third kappa shape index (κ3) is 11.1. The molecule has 6 aromatic rings. The number of carbonyl (C=O) groups excluding carboxylic acids is 3. The van der Waals surface area contributed by atoms with E-state index in [0.29, 0.717) is 53.3 Å². The van der Waals surface area contributed by atoms with Crippen molar-refractivity contribution >= 4 is 28.8 Å². The van der Waals surface area contributed by atoms with E-state index in [0.717, 1.165) is 34.9 Å². The molecule has 7 atom stereocenters. The molecule has 77 heavy (non-hydrogen) atoms. The highest BCUT2D eigenvalue weighted by molar-refractivity contribution is 5.93. The maximum atomic E-state index is 17.1. The maximum absolute atomic E-state index is 17.1. The average Bonchev–Trinajstić information content (AvgIpc) is 4.31. The SMILES string of the molecule is COCNC(C(=O)N1CC(F)CC1c1ncc(-c2cc(F)c3c(c2)OC(c2cccc(OCCOC4CCCCC4)c2)n2c-3cc3cc(-c4cnc(C5CC(F)CN5C(=O)C(NC(=O)OC)C(C)C)[nH]4)ccc32)[nH]1)C(C)C. The van der Waals surface area contributed by atoms with Gasteiger partial charge >= 0.3 is 6.09 Å². The Labute approximate surface area is 445 Å². The Kier molecular flexibility index (Phi) is 16.0. The van der Waals surface area contributed by atoms with Crippen molar-refractivity contribution < 1.29 is 51.2 Å². The van der Waals surface area contributed by atoms with Crippen molar-refractivity contribution in [2.45, 2.75) is 121 Å². The van der Waals surface area contributed by atoms with Crippen LogP contribution < -0.4 is 20.1 Å². The molecule has 3 aliphatic heterocycles. The van der Waals surface area contributed by atoms with Gasteiger partial charge in [-0.2, -0.15) is 0 Å². The summed E-state index contributed by atoms with van der Waals surface area (Å²) in [5, 5.41) is 6.48. The van der Waals surface area contributed by atoms with Crippen LogP contribution in [0.25, 0.3) is 44.7 Å². The van der Waals surface area contributed by atoms with Crippen molar-refractivity contribution in [1.82, 2.24) is 44.9 Å². The highest BCUT2D eigenvalue weighted by atomic mass is 19.1. The number of nitrogens with zero attached hydrogens (tertiary/aromatic N) is 5. The molecule has 10 rings (SSSR count). The number of rotatable bonds is 18. The largest absolute Gasteiger partial charge is 0.491 e. The Morgan fingerprint density at radius 3 is 2.10 bits per heavy atom. The summed E-state index contributed by atoms with van der Waals surface area (Å²) in [5.74, 6) is 0.0266. The van der Waals surface area contributed by atoms with E-state index in [1.54, 1.807) is 32.3 Å². The molecule has 0 radical (unpaired) electrons. The van der Waals surface area contributed by atoms with Crippen LogP contribution in [-0.4, -0.2) is 130 Å². The number of hydrogen-bond acceptors (Lipinski definition) is 11. The molecule has 7 unspecified atom stereocenters. The second-order valence-corrected chi connectivity index (χ2v) is 21.3. The van der Waals surface area contributed by atoms with Crippen LogP contribution in [-0.2, 0) is 23.8 Å². The number of amides is 3. The van der Waals surface area contributed by atoms with Crippen LogP contribution in [0, 0.1) is 17.7 Å². The second-order valence-electron chi connectivity index (χ2n) is 21.3. The van der Waals surface area contributed by atoms with Crippen LogP contribution in [0.5, 0.6) is 11.5 Å². The summed E-state index contributed by atoms with van der Waals surface area (Å²) in [6.07, 6.45) is 5.12. The van der Waals surface area contributed by atoms with Crippen LogP contribution in [0.4, 0.5) is 18.0 Å². The lowest BCUT2D eigenvalue weighted by Crippen LogP contribution is -2.51. The average molecular weight is 1060 g/mol. The summed E-state index contributed by atoms with van der Waals surface area (Å²) >= 11 is 0. The number of benzene rings is 3. The van der Waals surface area contributed by atoms with E-state index < -0.39 is 60.6 Å². The van der Waals surface area contributed by atoms with Gasteiger partial charge in [0, 0.05) is 42.0 Å². The number of alkyl halides is 2. The van der Waals surface area contributed by atoms with Gasteiger partial charge in [-0.1, -0.05) is 65.2 Å². The molecule has 0 spiro atoms. The number of methoxy groups -OCH3 is 2. The summed E-state index contributed by atoms with van der Waals surface area (Å²) in [7, 11) is 2.75. The molecular formula is C57H68F3N9O8. The number of halogens is 3. The molecular weight excluding hydrogens is 996 g/mol. The first kappa shape index (κ1) is 53.5. The molecule has 2 saturated heterocycles. The number of fused-ring (bicyclic) bond motifs is 5. The van der Waals surface area contributed by atoms with Crippen LogP contribution in [0.2, 0.25) is 0 Å². The number of H-pyrrole nitrogens is 2. The molecule has 4 aliphatic rings. The standard InChI is InChI=1S/C57H68F3N9O8/c1-31(2)50(63-30-73-5)54(70)67-28-37(58)24-46(67)53-62-27-43(65-53)35-21-41(60)49-45-22-36-19-33(42-26-61-52(64-42)47-25-38(59)29-68(47)55(71)51(32(3)4)66-57(72)74-6)15-16-44(36)69(45)56(77-48(49)23-35)34-11-10-14-40(20-34)76-18-17-75-39-12-8-7-9-13-39/h10-11,14-16,19-23,26-27,31-32,37-39,46-47,50-51,56,63H,7-9,12-13,17-18,24-25,28-30H2,1-6H3,(H,61,64)(H,62,65)(H,66,72). The number of imidazole rings is 2. The van der Waals surface area contributed by atoms with Crippen LogP contribution >= 0.6 is 0 Å². The van der Waals surface area contributed by atoms with Gasteiger partial charge in [-0.3, -0.25) is 14.9 Å². The fourth-order valence-corrected chi connectivity index (χ4v) is 11.4. The molecule has 4 N–H and O–H groups in total. The molecule has 6 heterocycles. The highest BCUT2D eigenvalue weighted by Gasteiger charge is 2.43.